The van der Waals surface area contributed by atoms with Gasteiger partial charge in [-0.1, -0.05) is 23.7 Å². The molecule has 0 saturated carbocycles. The summed E-state index contributed by atoms with van der Waals surface area (Å²) in [6, 6.07) is 10.9. The van der Waals surface area contributed by atoms with Gasteiger partial charge in [0.1, 0.15) is 17.6 Å². The van der Waals surface area contributed by atoms with Crippen molar-refractivity contribution in [1.29, 1.82) is 5.26 Å². The van der Waals surface area contributed by atoms with Gasteiger partial charge in [-0.05, 0) is 43.2 Å². The van der Waals surface area contributed by atoms with E-state index >= 15 is 0 Å². The lowest BCUT2D eigenvalue weighted by Gasteiger charge is -2.24. The van der Waals surface area contributed by atoms with Crippen LogP contribution in [-0.2, 0) is 4.79 Å². The molecule has 1 aliphatic heterocycles. The first-order valence-corrected chi connectivity index (χ1v) is 11.4. The number of halogens is 2. The maximum absolute atomic E-state index is 13.6. The van der Waals surface area contributed by atoms with E-state index in [-0.39, 0.29) is 29.1 Å². The number of aromatic nitrogens is 3. The van der Waals surface area contributed by atoms with Gasteiger partial charge in [-0.3, -0.25) is 14.7 Å². The maximum Gasteiger partial charge on any atom is 0.272 e. The largest absolute Gasteiger partial charge is 0.349 e. The Morgan fingerprint density at radius 2 is 2.09 bits per heavy atom. The number of benzene rings is 2. The van der Waals surface area contributed by atoms with Crippen molar-refractivity contribution in [2.45, 2.75) is 19.4 Å². The van der Waals surface area contributed by atoms with Gasteiger partial charge in [-0.2, -0.15) is 10.4 Å². The number of nitrogens with one attached hydrogen (secondary N) is 3. The van der Waals surface area contributed by atoms with Crippen molar-refractivity contribution in [3.05, 3.63) is 70.9 Å². The Bertz CT molecular complexity index is 1490. The van der Waals surface area contributed by atoms with Crippen LogP contribution in [0.5, 0.6) is 0 Å². The fourth-order valence-corrected chi connectivity index (χ4v) is 4.84. The molecule has 10 heteroatoms. The summed E-state index contributed by atoms with van der Waals surface area (Å²) in [6.07, 6.45) is 3.96. The fraction of sp³-hybridized carbons (Fsp3) is 0.200. The number of carbonyl (C=O) groups excluding carboxylic acids is 2. The predicted octanol–water partition coefficient (Wildman–Crippen LogP) is 4.71. The summed E-state index contributed by atoms with van der Waals surface area (Å²) in [4.78, 5) is 31.1. The summed E-state index contributed by atoms with van der Waals surface area (Å²) >= 11 is 6.57. The van der Waals surface area contributed by atoms with Crippen LogP contribution >= 0.6 is 11.6 Å². The molecule has 8 nitrogen and oxygen atoms in total. The van der Waals surface area contributed by atoms with Gasteiger partial charge in [0.25, 0.3) is 5.91 Å². The first-order chi connectivity index (χ1) is 16.9. The molecule has 3 heterocycles. The van der Waals surface area contributed by atoms with Crippen LogP contribution in [0.1, 0.15) is 29.4 Å². The Morgan fingerprint density at radius 1 is 1.26 bits per heavy atom. The van der Waals surface area contributed by atoms with Crippen LogP contribution in [-0.4, -0.2) is 44.5 Å². The molecule has 1 fully saturated rings. The van der Waals surface area contributed by atoms with Gasteiger partial charge in [0, 0.05) is 40.9 Å². The van der Waals surface area contributed by atoms with Crippen LogP contribution in [0.15, 0.2) is 48.8 Å². The molecule has 2 aromatic carbocycles. The van der Waals surface area contributed by atoms with Crippen LogP contribution in [0.4, 0.5) is 10.1 Å². The van der Waals surface area contributed by atoms with E-state index in [4.69, 9.17) is 16.9 Å². The number of nitriles is 1. The van der Waals surface area contributed by atoms with Crippen molar-refractivity contribution in [3.63, 3.8) is 0 Å². The van der Waals surface area contributed by atoms with Gasteiger partial charge in [0.15, 0.2) is 0 Å². The minimum Gasteiger partial charge on any atom is -0.349 e. The van der Waals surface area contributed by atoms with Crippen molar-refractivity contribution in [2.24, 2.45) is 5.92 Å². The molecule has 0 radical (unpaired) electrons. The number of aromatic amines is 2. The standard InChI is InChI=1S/C25H20ClFN6O2/c1-13-18(24(34)31-17-3-5-20(27)15(8-17)10-28)6-7-33(13)25(35)23-22(26)19-4-2-14(9-21(19)32-23)16-11-29-30-12-16/h2-5,8-9,11-13,18,32H,6-7H2,1H3,(H,29,30)(H,31,34)/t13-,18-/m0/s1. The maximum atomic E-state index is 13.6. The number of hydrogen-bond donors (Lipinski definition) is 3. The van der Waals surface area contributed by atoms with Crippen LogP contribution in [0.3, 0.4) is 0 Å². The third-order valence-electron chi connectivity index (χ3n) is 6.49. The number of fused-ring (bicyclic) bond motifs is 1. The van der Waals surface area contributed by atoms with E-state index in [0.29, 0.717) is 23.7 Å². The highest BCUT2D eigenvalue weighted by Crippen LogP contribution is 2.34. The van der Waals surface area contributed by atoms with E-state index in [1.807, 2.05) is 25.1 Å². The zero-order valence-electron chi connectivity index (χ0n) is 18.6. The minimum atomic E-state index is -0.649. The quantitative estimate of drug-likeness (QED) is 0.384. The number of carbonyl (C=O) groups is 2. The SMILES string of the molecule is C[C@H]1[C@@H](C(=O)Nc2ccc(F)c(C#N)c2)CCN1C(=O)c1[nH]c2cc(-c3cn[nH]c3)ccc2c1Cl. The van der Waals surface area contributed by atoms with Gasteiger partial charge in [0.2, 0.25) is 5.91 Å². The van der Waals surface area contributed by atoms with E-state index in [1.54, 1.807) is 23.4 Å². The Morgan fingerprint density at radius 3 is 2.83 bits per heavy atom. The normalized spacial score (nSPS) is 17.5. The molecule has 0 aliphatic carbocycles. The zero-order valence-corrected chi connectivity index (χ0v) is 19.4. The number of likely N-dealkylation sites (tertiary alicyclic amines) is 1. The Kier molecular flexibility index (Phi) is 5.75. The molecule has 0 spiro atoms. The highest BCUT2D eigenvalue weighted by atomic mass is 35.5. The molecule has 176 valence electrons. The van der Waals surface area contributed by atoms with Gasteiger partial charge in [0.05, 0.1) is 22.7 Å². The van der Waals surface area contributed by atoms with E-state index < -0.39 is 11.7 Å². The zero-order chi connectivity index (χ0) is 24.7. The second kappa shape index (κ2) is 8.89. The molecule has 4 aromatic rings. The second-order valence-corrected chi connectivity index (χ2v) is 8.87. The van der Waals surface area contributed by atoms with E-state index in [1.165, 1.54) is 12.1 Å². The molecule has 2 atom stereocenters. The number of rotatable bonds is 4. The molecule has 0 bridgehead atoms. The molecule has 1 aliphatic rings. The van der Waals surface area contributed by atoms with Crippen molar-refractivity contribution in [3.8, 4) is 17.2 Å². The third kappa shape index (κ3) is 4.02. The van der Waals surface area contributed by atoms with Crippen LogP contribution in [0.25, 0.3) is 22.0 Å². The van der Waals surface area contributed by atoms with Gasteiger partial charge in [-0.15, -0.1) is 0 Å². The van der Waals surface area contributed by atoms with Crippen LogP contribution < -0.4 is 5.32 Å². The summed E-state index contributed by atoms with van der Waals surface area (Å²) < 4.78 is 13.6. The van der Waals surface area contributed by atoms with Crippen molar-refractivity contribution < 1.29 is 14.0 Å². The summed E-state index contributed by atoms with van der Waals surface area (Å²) in [5.74, 6) is -1.70. The van der Waals surface area contributed by atoms with Crippen molar-refractivity contribution in [2.75, 3.05) is 11.9 Å². The van der Waals surface area contributed by atoms with Crippen molar-refractivity contribution in [1.82, 2.24) is 20.1 Å². The Hall–Kier alpha value is -4.16. The number of H-pyrrole nitrogens is 2. The van der Waals surface area contributed by atoms with E-state index in [0.717, 1.165) is 28.1 Å². The first-order valence-electron chi connectivity index (χ1n) is 11.0. The molecule has 5 rings (SSSR count). The smallest absolute Gasteiger partial charge is 0.272 e. The third-order valence-corrected chi connectivity index (χ3v) is 6.88. The lowest BCUT2D eigenvalue weighted by molar-refractivity contribution is -0.120. The first kappa shape index (κ1) is 22.6. The van der Waals surface area contributed by atoms with E-state index in [9.17, 15) is 14.0 Å². The fourth-order valence-electron chi connectivity index (χ4n) is 4.54. The Balaban J connectivity index is 1.34. The molecule has 2 amide bonds. The molecule has 1 saturated heterocycles. The average molecular weight is 491 g/mol. The van der Waals surface area contributed by atoms with Crippen molar-refractivity contribution >= 4 is 40.0 Å². The van der Waals surface area contributed by atoms with Crippen LogP contribution in [0.2, 0.25) is 5.02 Å². The summed E-state index contributed by atoms with van der Waals surface area (Å²) in [5, 5.41) is 19.5. The van der Waals surface area contributed by atoms with E-state index in [2.05, 4.69) is 20.5 Å². The topological polar surface area (TPSA) is 118 Å². The predicted molar refractivity (Wildman–Crippen MR) is 129 cm³/mol. The second-order valence-electron chi connectivity index (χ2n) is 8.49. The molecule has 3 N–H and O–H groups in total. The number of anilines is 1. The molecular weight excluding hydrogens is 471 g/mol. The summed E-state index contributed by atoms with van der Waals surface area (Å²) in [5.41, 5.74) is 3.02. The number of hydrogen-bond acceptors (Lipinski definition) is 4. The lowest BCUT2D eigenvalue weighted by atomic mass is 10.0. The minimum absolute atomic E-state index is 0.150. The number of amides is 2. The van der Waals surface area contributed by atoms with Crippen LogP contribution in [0, 0.1) is 23.1 Å². The number of nitrogens with zero attached hydrogens (tertiary/aromatic N) is 3. The summed E-state index contributed by atoms with van der Waals surface area (Å²) in [6.45, 7) is 2.20. The van der Waals surface area contributed by atoms with Gasteiger partial charge < -0.3 is 15.2 Å². The highest BCUT2D eigenvalue weighted by Gasteiger charge is 2.39. The average Bonchev–Trinajstić information content (AvgIpc) is 3.59. The molecule has 0 unspecified atom stereocenters. The summed E-state index contributed by atoms with van der Waals surface area (Å²) in [7, 11) is 0. The lowest BCUT2D eigenvalue weighted by Crippen LogP contribution is -2.39. The monoisotopic (exact) mass is 490 g/mol. The molecule has 35 heavy (non-hydrogen) atoms. The van der Waals surface area contributed by atoms with Gasteiger partial charge >= 0.3 is 0 Å². The van der Waals surface area contributed by atoms with Gasteiger partial charge in [-0.25, -0.2) is 4.39 Å². The highest BCUT2D eigenvalue weighted by molar-refractivity contribution is 6.38. The molecule has 2 aromatic heterocycles. The molecular formula is C25H20ClFN6O2. The Labute approximate surface area is 204 Å².